The van der Waals surface area contributed by atoms with E-state index in [-0.39, 0.29) is 0 Å². The first-order valence-electron chi connectivity index (χ1n) is 6.71. The highest BCUT2D eigenvalue weighted by Crippen LogP contribution is 2.26. The number of hydrogen-bond acceptors (Lipinski definition) is 1. The second kappa shape index (κ2) is 6.90. The van der Waals surface area contributed by atoms with Gasteiger partial charge in [-0.15, -0.1) is 11.6 Å². The van der Waals surface area contributed by atoms with Crippen molar-refractivity contribution in [2.24, 2.45) is 0 Å². The number of rotatable bonds is 7. The molecule has 0 fully saturated rings. The van der Waals surface area contributed by atoms with E-state index in [0.717, 1.165) is 31.1 Å². The number of fused-ring (bicyclic) bond motifs is 1. The molecule has 0 unspecified atom stereocenters. The third-order valence-corrected chi connectivity index (χ3v) is 3.63. The Morgan fingerprint density at radius 1 is 1.00 bits per heavy atom. The minimum absolute atomic E-state index is 0.783. The largest absolute Gasteiger partial charge is 0.494 e. The summed E-state index contributed by atoms with van der Waals surface area (Å²) in [5, 5.41) is 0. The molecule has 0 amide bonds. The van der Waals surface area contributed by atoms with Crippen molar-refractivity contribution in [3.8, 4) is 5.75 Å². The quantitative estimate of drug-likeness (QED) is 0.518. The van der Waals surface area contributed by atoms with E-state index in [1.165, 1.54) is 43.2 Å². The standard InChI is InChI=1S/C15H21ClO/c16-10-3-1-2-4-11-17-15-9-8-13-6-5-7-14(13)12-15/h8-9,12H,1-7,10-11H2. The van der Waals surface area contributed by atoms with Crippen LogP contribution in [-0.4, -0.2) is 12.5 Å². The molecule has 0 radical (unpaired) electrons. The molecule has 1 aliphatic carbocycles. The summed E-state index contributed by atoms with van der Waals surface area (Å²) >= 11 is 5.63. The highest BCUT2D eigenvalue weighted by atomic mass is 35.5. The van der Waals surface area contributed by atoms with Crippen LogP contribution in [0.2, 0.25) is 0 Å². The number of halogens is 1. The molecular weight excluding hydrogens is 232 g/mol. The summed E-state index contributed by atoms with van der Waals surface area (Å²) in [5.74, 6) is 1.83. The molecule has 1 nitrogen and oxygen atoms in total. The van der Waals surface area contributed by atoms with E-state index in [2.05, 4.69) is 18.2 Å². The molecule has 0 N–H and O–H groups in total. The molecule has 0 heterocycles. The van der Waals surface area contributed by atoms with Crippen molar-refractivity contribution in [3.63, 3.8) is 0 Å². The minimum Gasteiger partial charge on any atom is -0.494 e. The maximum absolute atomic E-state index is 5.78. The lowest BCUT2D eigenvalue weighted by Crippen LogP contribution is -1.98. The zero-order chi connectivity index (χ0) is 11.9. The number of aryl methyl sites for hydroxylation is 2. The molecule has 1 aromatic rings. The van der Waals surface area contributed by atoms with Gasteiger partial charge >= 0.3 is 0 Å². The average Bonchev–Trinajstić information content (AvgIpc) is 2.81. The Labute approximate surface area is 109 Å². The van der Waals surface area contributed by atoms with Gasteiger partial charge in [0.05, 0.1) is 6.61 Å². The van der Waals surface area contributed by atoms with Gasteiger partial charge in [-0.05, 0) is 55.4 Å². The first kappa shape index (κ1) is 12.8. The molecule has 0 saturated heterocycles. The van der Waals surface area contributed by atoms with Gasteiger partial charge in [0, 0.05) is 5.88 Å². The number of ether oxygens (including phenoxy) is 1. The highest BCUT2D eigenvalue weighted by molar-refractivity contribution is 6.17. The van der Waals surface area contributed by atoms with Crippen molar-refractivity contribution >= 4 is 11.6 Å². The van der Waals surface area contributed by atoms with E-state index < -0.39 is 0 Å². The van der Waals surface area contributed by atoms with Gasteiger partial charge in [-0.3, -0.25) is 0 Å². The maximum Gasteiger partial charge on any atom is 0.119 e. The summed E-state index contributed by atoms with van der Waals surface area (Å²) < 4.78 is 5.78. The molecule has 2 heteroatoms. The molecule has 0 aromatic heterocycles. The fourth-order valence-electron chi connectivity index (χ4n) is 2.38. The van der Waals surface area contributed by atoms with Crippen molar-refractivity contribution < 1.29 is 4.74 Å². The molecule has 0 bridgehead atoms. The van der Waals surface area contributed by atoms with Crippen LogP contribution < -0.4 is 4.74 Å². The molecule has 0 aliphatic heterocycles. The Balaban J connectivity index is 1.69. The van der Waals surface area contributed by atoms with Gasteiger partial charge in [0.1, 0.15) is 5.75 Å². The van der Waals surface area contributed by atoms with Crippen molar-refractivity contribution in [2.45, 2.75) is 44.9 Å². The fourth-order valence-corrected chi connectivity index (χ4v) is 2.57. The lowest BCUT2D eigenvalue weighted by Gasteiger charge is -2.07. The molecule has 0 atom stereocenters. The molecule has 94 valence electrons. The van der Waals surface area contributed by atoms with Crippen LogP contribution in [-0.2, 0) is 12.8 Å². The smallest absolute Gasteiger partial charge is 0.119 e. The summed E-state index contributed by atoms with van der Waals surface area (Å²) in [6, 6.07) is 6.56. The van der Waals surface area contributed by atoms with Gasteiger partial charge in [-0.1, -0.05) is 18.9 Å². The maximum atomic E-state index is 5.78. The van der Waals surface area contributed by atoms with Crippen LogP contribution >= 0.6 is 11.6 Å². The SMILES string of the molecule is ClCCCCCCOc1ccc2c(c1)CCC2. The first-order chi connectivity index (χ1) is 8.40. The molecular formula is C15H21ClO. The fraction of sp³-hybridized carbons (Fsp3) is 0.600. The van der Waals surface area contributed by atoms with Crippen LogP contribution in [0.4, 0.5) is 0 Å². The third-order valence-electron chi connectivity index (χ3n) is 3.37. The summed E-state index contributed by atoms with van der Waals surface area (Å²) in [5.41, 5.74) is 3.00. The van der Waals surface area contributed by atoms with E-state index >= 15 is 0 Å². The van der Waals surface area contributed by atoms with Crippen LogP contribution in [0.1, 0.15) is 43.2 Å². The Kier molecular flexibility index (Phi) is 5.18. The Bertz CT molecular complexity index is 349. The lowest BCUT2D eigenvalue weighted by atomic mass is 10.1. The summed E-state index contributed by atoms with van der Waals surface area (Å²) in [4.78, 5) is 0. The monoisotopic (exact) mass is 252 g/mol. The van der Waals surface area contributed by atoms with E-state index in [0.29, 0.717) is 0 Å². The number of alkyl halides is 1. The van der Waals surface area contributed by atoms with E-state index in [1.807, 2.05) is 0 Å². The topological polar surface area (TPSA) is 9.23 Å². The Hall–Kier alpha value is -0.690. The average molecular weight is 253 g/mol. The second-order valence-corrected chi connectivity index (χ2v) is 5.11. The lowest BCUT2D eigenvalue weighted by molar-refractivity contribution is 0.305. The predicted octanol–water partition coefficient (Wildman–Crippen LogP) is 4.35. The van der Waals surface area contributed by atoms with Crippen LogP contribution in [0.15, 0.2) is 18.2 Å². The molecule has 2 rings (SSSR count). The zero-order valence-electron chi connectivity index (χ0n) is 10.4. The summed E-state index contributed by atoms with van der Waals surface area (Å²) in [7, 11) is 0. The molecule has 1 aliphatic rings. The third kappa shape index (κ3) is 3.92. The van der Waals surface area contributed by atoms with Gasteiger partial charge in [-0.25, -0.2) is 0 Å². The Morgan fingerprint density at radius 2 is 1.82 bits per heavy atom. The van der Waals surface area contributed by atoms with Gasteiger partial charge in [0.2, 0.25) is 0 Å². The van der Waals surface area contributed by atoms with E-state index in [9.17, 15) is 0 Å². The van der Waals surface area contributed by atoms with Gasteiger partial charge < -0.3 is 4.74 Å². The van der Waals surface area contributed by atoms with Crippen LogP contribution in [0.5, 0.6) is 5.75 Å². The molecule has 1 aromatic carbocycles. The summed E-state index contributed by atoms with van der Waals surface area (Å²) in [6.07, 6.45) is 8.47. The number of benzene rings is 1. The normalized spacial score (nSPS) is 13.7. The highest BCUT2D eigenvalue weighted by Gasteiger charge is 2.10. The van der Waals surface area contributed by atoms with E-state index in [4.69, 9.17) is 16.3 Å². The van der Waals surface area contributed by atoms with Gasteiger partial charge in [0.25, 0.3) is 0 Å². The van der Waals surface area contributed by atoms with Gasteiger partial charge in [0.15, 0.2) is 0 Å². The number of unbranched alkanes of at least 4 members (excludes halogenated alkanes) is 3. The van der Waals surface area contributed by atoms with Crippen LogP contribution in [0.3, 0.4) is 0 Å². The van der Waals surface area contributed by atoms with Gasteiger partial charge in [-0.2, -0.15) is 0 Å². The van der Waals surface area contributed by atoms with Crippen LogP contribution in [0.25, 0.3) is 0 Å². The van der Waals surface area contributed by atoms with E-state index in [1.54, 1.807) is 0 Å². The minimum atomic E-state index is 0.783. The second-order valence-electron chi connectivity index (χ2n) is 4.74. The van der Waals surface area contributed by atoms with Crippen LogP contribution in [0, 0.1) is 0 Å². The molecule has 0 saturated carbocycles. The zero-order valence-corrected chi connectivity index (χ0v) is 11.1. The number of hydrogen-bond donors (Lipinski definition) is 0. The van der Waals surface area contributed by atoms with Crippen molar-refractivity contribution in [1.82, 2.24) is 0 Å². The first-order valence-corrected chi connectivity index (χ1v) is 7.24. The molecule has 17 heavy (non-hydrogen) atoms. The Morgan fingerprint density at radius 3 is 2.71 bits per heavy atom. The molecule has 0 spiro atoms. The van der Waals surface area contributed by atoms with Crippen molar-refractivity contribution in [2.75, 3.05) is 12.5 Å². The van der Waals surface area contributed by atoms with Crippen molar-refractivity contribution in [3.05, 3.63) is 29.3 Å². The summed E-state index contributed by atoms with van der Waals surface area (Å²) in [6.45, 7) is 0.834. The van der Waals surface area contributed by atoms with Crippen molar-refractivity contribution in [1.29, 1.82) is 0 Å². The predicted molar refractivity (Wildman–Crippen MR) is 73.2 cm³/mol.